The van der Waals surface area contributed by atoms with E-state index >= 15 is 0 Å². The third-order valence-corrected chi connectivity index (χ3v) is 12.4. The van der Waals surface area contributed by atoms with Crippen molar-refractivity contribution in [2.24, 2.45) is 0 Å². The van der Waals surface area contributed by atoms with Crippen molar-refractivity contribution in [2.45, 2.75) is 0 Å². The third-order valence-electron chi connectivity index (χ3n) is 12.4. The van der Waals surface area contributed by atoms with Crippen LogP contribution in [0.4, 0.5) is 0 Å². The number of para-hydroxylation sites is 4. The van der Waals surface area contributed by atoms with Gasteiger partial charge in [-0.2, -0.15) is 0 Å². The van der Waals surface area contributed by atoms with E-state index < -0.39 is 0 Å². The number of furan rings is 1. The fourth-order valence-electron chi connectivity index (χ4n) is 9.39. The molecule has 0 spiro atoms. The number of nitrogens with zero attached hydrogens (tertiary/aromatic N) is 5. The molecule has 0 aliphatic carbocycles. The maximum absolute atomic E-state index is 6.30. The molecule has 0 radical (unpaired) electrons. The molecule has 13 rings (SSSR count). The normalized spacial score (nSPS) is 11.8. The molecule has 294 valence electrons. The van der Waals surface area contributed by atoms with Gasteiger partial charge in [-0.05, 0) is 90.0 Å². The Hall–Kier alpha value is -8.61. The molecule has 0 saturated carbocycles. The maximum Gasteiger partial charge on any atom is 0.164 e. The molecule has 0 aliphatic heterocycles. The Balaban J connectivity index is 0.956. The van der Waals surface area contributed by atoms with Crippen LogP contribution in [0.1, 0.15) is 0 Å². The second-order valence-electron chi connectivity index (χ2n) is 16.0. The van der Waals surface area contributed by atoms with Crippen LogP contribution in [-0.4, -0.2) is 24.1 Å². The van der Waals surface area contributed by atoms with Crippen LogP contribution in [0.5, 0.6) is 0 Å². The minimum atomic E-state index is 0.578. The van der Waals surface area contributed by atoms with Crippen LogP contribution < -0.4 is 0 Å². The molecule has 6 nitrogen and oxygen atoms in total. The van der Waals surface area contributed by atoms with Gasteiger partial charge >= 0.3 is 0 Å². The summed E-state index contributed by atoms with van der Waals surface area (Å²) in [6, 6.07) is 74.5. The lowest BCUT2D eigenvalue weighted by molar-refractivity contribution is 0.669. The Morgan fingerprint density at radius 1 is 0.270 bits per heavy atom. The molecule has 0 aliphatic rings. The fourth-order valence-corrected chi connectivity index (χ4v) is 9.39. The van der Waals surface area contributed by atoms with Gasteiger partial charge in [-0.1, -0.05) is 133 Å². The summed E-state index contributed by atoms with van der Waals surface area (Å²) in [5.41, 5.74) is 13.5. The maximum atomic E-state index is 6.30. The van der Waals surface area contributed by atoms with Crippen LogP contribution in [0.2, 0.25) is 0 Å². The molecule has 13 aromatic rings. The van der Waals surface area contributed by atoms with E-state index in [1.165, 1.54) is 32.6 Å². The number of aromatic nitrogens is 5. The van der Waals surface area contributed by atoms with Crippen molar-refractivity contribution in [3.05, 3.63) is 212 Å². The van der Waals surface area contributed by atoms with Crippen LogP contribution in [0.15, 0.2) is 217 Å². The van der Waals surface area contributed by atoms with Gasteiger partial charge in [0.2, 0.25) is 0 Å². The lowest BCUT2D eigenvalue weighted by Crippen LogP contribution is -2.00. The summed E-state index contributed by atoms with van der Waals surface area (Å²) in [4.78, 5) is 15.3. The fraction of sp³-hybridized carbons (Fsp3) is 0. The molecule has 6 heteroatoms. The van der Waals surface area contributed by atoms with Crippen molar-refractivity contribution in [3.8, 4) is 56.7 Å². The Labute approximate surface area is 361 Å². The third kappa shape index (κ3) is 5.69. The average molecular weight is 806 g/mol. The number of fused-ring (bicyclic) bond motifs is 9. The van der Waals surface area contributed by atoms with E-state index in [1.807, 2.05) is 30.3 Å². The number of hydrogen-bond acceptors (Lipinski definition) is 4. The second-order valence-corrected chi connectivity index (χ2v) is 16.0. The number of rotatable bonds is 6. The molecular weight excluding hydrogens is 771 g/mol. The van der Waals surface area contributed by atoms with Crippen LogP contribution in [0.25, 0.3) is 122 Å². The van der Waals surface area contributed by atoms with Gasteiger partial charge in [0.15, 0.2) is 17.5 Å². The molecular formula is C57H35N5O. The molecule has 63 heavy (non-hydrogen) atoms. The van der Waals surface area contributed by atoms with Crippen LogP contribution in [0, 0.1) is 0 Å². The first-order chi connectivity index (χ1) is 31.2. The minimum absolute atomic E-state index is 0.578. The summed E-state index contributed by atoms with van der Waals surface area (Å²) in [6.45, 7) is 0. The van der Waals surface area contributed by atoms with Crippen molar-refractivity contribution < 1.29 is 4.42 Å². The molecule has 0 fully saturated rings. The Kier molecular flexibility index (Phi) is 7.80. The summed E-state index contributed by atoms with van der Waals surface area (Å²) < 4.78 is 11.1. The molecule has 0 unspecified atom stereocenters. The molecule has 4 heterocycles. The van der Waals surface area contributed by atoms with E-state index in [9.17, 15) is 0 Å². The molecule has 0 bridgehead atoms. The van der Waals surface area contributed by atoms with Crippen molar-refractivity contribution in [1.82, 2.24) is 24.1 Å². The first-order valence-electron chi connectivity index (χ1n) is 21.2. The predicted octanol–water partition coefficient (Wildman–Crippen LogP) is 14.6. The zero-order valence-electron chi connectivity index (χ0n) is 33.9. The monoisotopic (exact) mass is 805 g/mol. The topological polar surface area (TPSA) is 61.7 Å². The zero-order chi connectivity index (χ0) is 41.4. The molecule has 9 aromatic carbocycles. The molecule has 4 aromatic heterocycles. The smallest absolute Gasteiger partial charge is 0.164 e. The number of hydrogen-bond donors (Lipinski definition) is 0. The SMILES string of the molecule is c1ccc(-c2ccc(-c3nc(-c4ccc(-n5c6ccccc6c6cc7c(cc65)c5ccccc5n7-c5ccccc5)cc4)nc(-c4ccc5c(c4)oc4ccccc45)n3)cc2)cc1. The highest BCUT2D eigenvalue weighted by Crippen LogP contribution is 2.40. The van der Waals surface area contributed by atoms with Crippen LogP contribution in [0.3, 0.4) is 0 Å². The lowest BCUT2D eigenvalue weighted by Gasteiger charge is -2.11. The van der Waals surface area contributed by atoms with Gasteiger partial charge in [-0.3, -0.25) is 0 Å². The van der Waals surface area contributed by atoms with E-state index in [-0.39, 0.29) is 0 Å². The minimum Gasteiger partial charge on any atom is -0.456 e. The Bertz CT molecular complexity index is 3880. The largest absolute Gasteiger partial charge is 0.456 e. The molecule has 0 amide bonds. The van der Waals surface area contributed by atoms with E-state index in [1.54, 1.807) is 0 Å². The molecule has 0 N–H and O–H groups in total. The highest BCUT2D eigenvalue weighted by molar-refractivity contribution is 6.19. The molecule has 0 saturated heterocycles. The summed E-state index contributed by atoms with van der Waals surface area (Å²) in [5, 5.41) is 6.99. The highest BCUT2D eigenvalue weighted by atomic mass is 16.3. The van der Waals surface area contributed by atoms with E-state index in [2.05, 4.69) is 191 Å². The Morgan fingerprint density at radius 2 is 0.698 bits per heavy atom. The van der Waals surface area contributed by atoms with E-state index in [0.29, 0.717) is 17.5 Å². The van der Waals surface area contributed by atoms with Gasteiger partial charge in [0.25, 0.3) is 0 Å². The predicted molar refractivity (Wildman–Crippen MR) is 258 cm³/mol. The van der Waals surface area contributed by atoms with Crippen molar-refractivity contribution in [2.75, 3.05) is 0 Å². The van der Waals surface area contributed by atoms with Crippen LogP contribution in [-0.2, 0) is 0 Å². The van der Waals surface area contributed by atoms with Gasteiger partial charge in [0, 0.05) is 60.4 Å². The van der Waals surface area contributed by atoms with Crippen molar-refractivity contribution in [3.63, 3.8) is 0 Å². The van der Waals surface area contributed by atoms with Gasteiger partial charge in [0.1, 0.15) is 11.2 Å². The standard InChI is InChI=1S/C57H35N5O/c1-3-13-36(14-4-1)37-23-25-38(26-24-37)55-58-56(60-57(59-55)40-29-32-46-45-19-9-12-22-53(45)63-54(46)33-40)39-27-30-42(31-28-39)62-50-21-11-8-18-44(50)48-34-51-47(35-52(48)62)43-17-7-10-20-49(43)61(51)41-15-5-2-6-16-41/h1-35H. The number of benzene rings is 9. The lowest BCUT2D eigenvalue weighted by atomic mass is 10.0. The Morgan fingerprint density at radius 3 is 1.32 bits per heavy atom. The van der Waals surface area contributed by atoms with Crippen molar-refractivity contribution in [1.29, 1.82) is 0 Å². The average Bonchev–Trinajstić information content (AvgIpc) is 4.01. The summed E-state index contributed by atoms with van der Waals surface area (Å²) in [6.07, 6.45) is 0. The van der Waals surface area contributed by atoms with Gasteiger partial charge in [-0.25, -0.2) is 15.0 Å². The quantitative estimate of drug-likeness (QED) is 0.168. The zero-order valence-corrected chi connectivity index (χ0v) is 33.9. The highest BCUT2D eigenvalue weighted by Gasteiger charge is 2.20. The van der Waals surface area contributed by atoms with Gasteiger partial charge in [-0.15, -0.1) is 0 Å². The summed E-state index contributed by atoms with van der Waals surface area (Å²) >= 11 is 0. The van der Waals surface area contributed by atoms with Gasteiger partial charge in [0.05, 0.1) is 22.1 Å². The van der Waals surface area contributed by atoms with E-state index in [0.717, 1.165) is 72.2 Å². The summed E-state index contributed by atoms with van der Waals surface area (Å²) in [5.74, 6) is 1.77. The van der Waals surface area contributed by atoms with Crippen molar-refractivity contribution >= 4 is 65.6 Å². The summed E-state index contributed by atoms with van der Waals surface area (Å²) in [7, 11) is 0. The molecule has 0 atom stereocenters. The second kappa shape index (κ2) is 14.0. The first kappa shape index (κ1) is 35.2. The van der Waals surface area contributed by atoms with Gasteiger partial charge < -0.3 is 13.6 Å². The van der Waals surface area contributed by atoms with Crippen LogP contribution >= 0.6 is 0 Å². The van der Waals surface area contributed by atoms with E-state index in [4.69, 9.17) is 19.4 Å². The first-order valence-corrected chi connectivity index (χ1v) is 21.2.